The van der Waals surface area contributed by atoms with Gasteiger partial charge in [-0.1, -0.05) is 6.42 Å². The first-order chi connectivity index (χ1) is 10.2. The molecule has 5 nitrogen and oxygen atoms in total. The summed E-state index contributed by atoms with van der Waals surface area (Å²) >= 11 is 1.67. The van der Waals surface area contributed by atoms with Crippen molar-refractivity contribution in [3.05, 3.63) is 11.6 Å². The molecular weight excluding hydrogens is 284 g/mol. The molecule has 1 aromatic heterocycles. The maximum atomic E-state index is 12.7. The second kappa shape index (κ2) is 6.75. The summed E-state index contributed by atoms with van der Waals surface area (Å²) in [6.45, 7) is 3.55. The molecule has 2 unspecified atom stereocenters. The van der Waals surface area contributed by atoms with Gasteiger partial charge in [-0.3, -0.25) is 4.79 Å². The van der Waals surface area contributed by atoms with Crippen molar-refractivity contribution in [3.8, 4) is 0 Å². The molecule has 0 spiro atoms. The Balaban J connectivity index is 1.58. The van der Waals surface area contributed by atoms with Crippen LogP contribution in [-0.2, 0) is 4.79 Å². The van der Waals surface area contributed by atoms with Crippen LogP contribution in [0.2, 0.25) is 0 Å². The zero-order valence-electron chi connectivity index (χ0n) is 12.4. The van der Waals surface area contributed by atoms with E-state index in [4.69, 9.17) is 5.73 Å². The molecule has 0 radical (unpaired) electrons. The lowest BCUT2D eigenvalue weighted by molar-refractivity contribution is -0.136. The van der Waals surface area contributed by atoms with Gasteiger partial charge < -0.3 is 15.5 Å². The summed E-state index contributed by atoms with van der Waals surface area (Å²) in [5.74, 6) is 0.478. The molecule has 1 aliphatic carbocycles. The second-order valence-corrected chi connectivity index (χ2v) is 6.98. The quantitative estimate of drug-likeness (QED) is 0.903. The number of hydrogen-bond donors (Lipinski definition) is 1. The molecule has 1 aromatic rings. The Morgan fingerprint density at radius 1 is 1.24 bits per heavy atom. The molecular formula is C15H24N4OS. The number of carbonyl (C=O) groups is 1. The van der Waals surface area contributed by atoms with E-state index >= 15 is 0 Å². The van der Waals surface area contributed by atoms with E-state index in [1.807, 2.05) is 11.6 Å². The van der Waals surface area contributed by atoms with Gasteiger partial charge in [-0.2, -0.15) is 0 Å². The molecule has 6 heteroatoms. The molecule has 1 saturated heterocycles. The van der Waals surface area contributed by atoms with E-state index < -0.39 is 0 Å². The fourth-order valence-electron chi connectivity index (χ4n) is 3.41. The van der Waals surface area contributed by atoms with Crippen LogP contribution in [-0.4, -0.2) is 48.0 Å². The molecule has 2 heterocycles. The molecule has 21 heavy (non-hydrogen) atoms. The maximum Gasteiger partial charge on any atom is 0.225 e. The standard InChI is InChI=1S/C15H24N4OS/c16-13-4-1-3-12(11-13)14(20)18-6-2-7-19(9-8-18)15-17-5-10-21-15/h5,10,12-13H,1-4,6-9,11,16H2. The van der Waals surface area contributed by atoms with Gasteiger partial charge in [0, 0.05) is 49.7 Å². The lowest BCUT2D eigenvalue weighted by Gasteiger charge is -2.30. The van der Waals surface area contributed by atoms with Gasteiger partial charge in [0.1, 0.15) is 0 Å². The molecule has 2 fully saturated rings. The third-order valence-electron chi connectivity index (χ3n) is 4.56. The van der Waals surface area contributed by atoms with Crippen molar-refractivity contribution in [2.45, 2.75) is 38.1 Å². The van der Waals surface area contributed by atoms with E-state index in [1.54, 1.807) is 11.3 Å². The number of rotatable bonds is 2. The molecule has 0 bridgehead atoms. The highest BCUT2D eigenvalue weighted by Gasteiger charge is 2.30. The van der Waals surface area contributed by atoms with Crippen molar-refractivity contribution < 1.29 is 4.79 Å². The number of nitrogens with zero attached hydrogens (tertiary/aromatic N) is 3. The van der Waals surface area contributed by atoms with Gasteiger partial charge >= 0.3 is 0 Å². The number of anilines is 1. The van der Waals surface area contributed by atoms with Gasteiger partial charge in [0.05, 0.1) is 0 Å². The lowest BCUT2D eigenvalue weighted by Crippen LogP contribution is -2.42. The predicted octanol–water partition coefficient (Wildman–Crippen LogP) is 1.70. The molecule has 1 amide bonds. The van der Waals surface area contributed by atoms with Crippen LogP contribution < -0.4 is 10.6 Å². The second-order valence-electron chi connectivity index (χ2n) is 6.10. The maximum absolute atomic E-state index is 12.7. The Bertz CT molecular complexity index is 464. The van der Waals surface area contributed by atoms with Crippen molar-refractivity contribution >= 4 is 22.4 Å². The Labute approximate surface area is 130 Å². The minimum Gasteiger partial charge on any atom is -0.346 e. The van der Waals surface area contributed by atoms with Crippen LogP contribution in [0.25, 0.3) is 0 Å². The van der Waals surface area contributed by atoms with Crippen LogP contribution >= 0.6 is 11.3 Å². The number of hydrogen-bond acceptors (Lipinski definition) is 5. The van der Waals surface area contributed by atoms with Gasteiger partial charge in [0.2, 0.25) is 5.91 Å². The van der Waals surface area contributed by atoms with E-state index in [-0.39, 0.29) is 12.0 Å². The van der Waals surface area contributed by atoms with Crippen LogP contribution in [0, 0.1) is 5.92 Å². The van der Waals surface area contributed by atoms with Crippen molar-refractivity contribution in [3.63, 3.8) is 0 Å². The van der Waals surface area contributed by atoms with Crippen molar-refractivity contribution in [1.82, 2.24) is 9.88 Å². The molecule has 1 aliphatic heterocycles. The molecule has 116 valence electrons. The third kappa shape index (κ3) is 3.55. The SMILES string of the molecule is NC1CCCC(C(=O)N2CCCN(c3nccs3)CC2)C1. The van der Waals surface area contributed by atoms with Crippen LogP contribution in [0.1, 0.15) is 32.1 Å². The van der Waals surface area contributed by atoms with E-state index in [9.17, 15) is 4.79 Å². The summed E-state index contributed by atoms with van der Waals surface area (Å²) in [6.07, 6.45) is 6.91. The first-order valence-electron chi connectivity index (χ1n) is 7.93. The number of thiazole rings is 1. The summed E-state index contributed by atoms with van der Waals surface area (Å²) < 4.78 is 0. The van der Waals surface area contributed by atoms with Gasteiger partial charge in [0.25, 0.3) is 0 Å². The van der Waals surface area contributed by atoms with Gasteiger partial charge in [0.15, 0.2) is 5.13 Å². The zero-order chi connectivity index (χ0) is 14.7. The Morgan fingerprint density at radius 2 is 2.14 bits per heavy atom. The van der Waals surface area contributed by atoms with Gasteiger partial charge in [-0.15, -0.1) is 11.3 Å². The normalized spacial score (nSPS) is 27.5. The lowest BCUT2D eigenvalue weighted by atomic mass is 9.85. The summed E-state index contributed by atoms with van der Waals surface area (Å²) in [4.78, 5) is 21.4. The number of amides is 1. The third-order valence-corrected chi connectivity index (χ3v) is 5.39. The Hall–Kier alpha value is -1.14. The first kappa shape index (κ1) is 14.8. The molecule has 2 N–H and O–H groups in total. The number of aromatic nitrogens is 1. The van der Waals surface area contributed by atoms with Crippen LogP contribution in [0.4, 0.5) is 5.13 Å². The average molecular weight is 308 g/mol. The summed E-state index contributed by atoms with van der Waals surface area (Å²) in [5, 5.41) is 3.08. The highest BCUT2D eigenvalue weighted by atomic mass is 32.1. The topological polar surface area (TPSA) is 62.5 Å². The van der Waals surface area contributed by atoms with Gasteiger partial charge in [-0.05, 0) is 25.7 Å². The number of carbonyl (C=O) groups excluding carboxylic acids is 1. The van der Waals surface area contributed by atoms with E-state index in [0.29, 0.717) is 5.91 Å². The van der Waals surface area contributed by atoms with Crippen LogP contribution in [0.5, 0.6) is 0 Å². The molecule has 1 saturated carbocycles. The van der Waals surface area contributed by atoms with E-state index in [0.717, 1.165) is 63.4 Å². The molecule has 2 aliphatic rings. The van der Waals surface area contributed by atoms with Crippen molar-refractivity contribution in [2.75, 3.05) is 31.1 Å². The van der Waals surface area contributed by atoms with Crippen LogP contribution in [0.3, 0.4) is 0 Å². The minimum atomic E-state index is 0.153. The fraction of sp³-hybridized carbons (Fsp3) is 0.733. The summed E-state index contributed by atoms with van der Waals surface area (Å²) in [5.41, 5.74) is 6.02. The van der Waals surface area contributed by atoms with Crippen molar-refractivity contribution in [2.24, 2.45) is 11.7 Å². The Kier molecular flexibility index (Phi) is 4.75. The van der Waals surface area contributed by atoms with E-state index in [1.165, 1.54) is 0 Å². The van der Waals surface area contributed by atoms with Crippen molar-refractivity contribution in [1.29, 1.82) is 0 Å². The molecule has 0 aromatic carbocycles. The monoisotopic (exact) mass is 308 g/mol. The molecule has 2 atom stereocenters. The minimum absolute atomic E-state index is 0.153. The first-order valence-corrected chi connectivity index (χ1v) is 8.81. The smallest absolute Gasteiger partial charge is 0.225 e. The number of nitrogens with two attached hydrogens (primary N) is 1. The average Bonchev–Trinajstić information content (AvgIpc) is 2.91. The van der Waals surface area contributed by atoms with E-state index in [2.05, 4.69) is 14.8 Å². The highest BCUT2D eigenvalue weighted by molar-refractivity contribution is 7.13. The predicted molar refractivity (Wildman–Crippen MR) is 85.5 cm³/mol. The fourth-order valence-corrected chi connectivity index (χ4v) is 4.11. The zero-order valence-corrected chi connectivity index (χ0v) is 13.2. The van der Waals surface area contributed by atoms with Crippen LogP contribution in [0.15, 0.2) is 11.6 Å². The van der Waals surface area contributed by atoms with Gasteiger partial charge in [-0.25, -0.2) is 4.98 Å². The largest absolute Gasteiger partial charge is 0.346 e. The summed E-state index contributed by atoms with van der Waals surface area (Å²) in [6, 6.07) is 0.214. The Morgan fingerprint density at radius 3 is 2.90 bits per heavy atom. The molecule has 3 rings (SSSR count). The summed E-state index contributed by atoms with van der Waals surface area (Å²) in [7, 11) is 0. The highest BCUT2D eigenvalue weighted by Crippen LogP contribution is 2.26.